The van der Waals surface area contributed by atoms with Crippen LogP contribution in [0.15, 0.2) is 66.2 Å². The fourth-order valence-corrected chi connectivity index (χ4v) is 1.89. The van der Waals surface area contributed by atoms with Crippen LogP contribution in [-0.2, 0) is 6.54 Å². The maximum absolute atomic E-state index is 11.8. The van der Waals surface area contributed by atoms with E-state index in [0.717, 1.165) is 21.4 Å². The van der Waals surface area contributed by atoms with Crippen LogP contribution in [0.25, 0.3) is 6.08 Å². The lowest BCUT2D eigenvalue weighted by molar-refractivity contribution is -0.469. The van der Waals surface area contributed by atoms with Crippen LogP contribution in [0.4, 0.5) is 0 Å². The number of hydrogen-bond acceptors (Lipinski definition) is 1. The van der Waals surface area contributed by atoms with Crippen LogP contribution in [0.3, 0.4) is 0 Å². The Morgan fingerprint density at radius 2 is 1.58 bits per heavy atom. The predicted molar refractivity (Wildman–Crippen MR) is 79.9 cm³/mol. The van der Waals surface area contributed by atoms with Gasteiger partial charge < -0.3 is 5.21 Å². The second-order valence-electron chi connectivity index (χ2n) is 4.49. The first-order valence-electron chi connectivity index (χ1n) is 6.30. The minimum Gasteiger partial charge on any atom is -0.624 e. The van der Waals surface area contributed by atoms with E-state index in [9.17, 15) is 5.21 Å². The summed E-state index contributed by atoms with van der Waals surface area (Å²) in [5, 5.41) is 11.8. The van der Waals surface area contributed by atoms with Gasteiger partial charge in [-0.2, -0.15) is 0 Å². The molecule has 0 bridgehead atoms. The van der Waals surface area contributed by atoms with Gasteiger partial charge in [0.05, 0.1) is 0 Å². The van der Waals surface area contributed by atoms with Gasteiger partial charge in [-0.15, -0.1) is 0 Å². The fourth-order valence-electron chi connectivity index (χ4n) is 1.89. The maximum Gasteiger partial charge on any atom is 0.178 e. The Kier molecular flexibility index (Phi) is 4.51. The molecule has 0 spiro atoms. The van der Waals surface area contributed by atoms with Gasteiger partial charge in [0.1, 0.15) is 0 Å². The van der Waals surface area contributed by atoms with E-state index in [1.807, 2.05) is 73.7 Å². The van der Waals surface area contributed by atoms with Crippen molar-refractivity contribution in [2.45, 2.75) is 13.5 Å². The Balaban J connectivity index is 2.06. The van der Waals surface area contributed by atoms with E-state index < -0.39 is 0 Å². The summed E-state index contributed by atoms with van der Waals surface area (Å²) < 4.78 is 0.962. The molecule has 96 valence electrons. The topological polar surface area (TPSA) is 26.1 Å². The van der Waals surface area contributed by atoms with Gasteiger partial charge in [0, 0.05) is 11.1 Å². The summed E-state index contributed by atoms with van der Waals surface area (Å²) in [5.41, 5.74) is 3.06. The van der Waals surface area contributed by atoms with Crippen LogP contribution in [0, 0.1) is 5.21 Å². The molecule has 0 atom stereocenters. The molecule has 0 N–H and O–H groups in total. The third kappa shape index (κ3) is 4.43. The molecule has 2 heteroatoms. The lowest BCUT2D eigenvalue weighted by Gasteiger charge is -2.04. The molecule has 2 aromatic rings. The molecule has 0 aromatic heterocycles. The van der Waals surface area contributed by atoms with Gasteiger partial charge in [-0.05, 0) is 18.6 Å². The third-order valence-corrected chi connectivity index (χ3v) is 2.72. The Labute approximate surface area is 113 Å². The van der Waals surface area contributed by atoms with Gasteiger partial charge in [-0.25, -0.2) is 4.74 Å². The van der Waals surface area contributed by atoms with Crippen molar-refractivity contribution in [2.75, 3.05) is 0 Å². The molecule has 2 aromatic carbocycles. The van der Waals surface area contributed by atoms with Gasteiger partial charge in [-0.1, -0.05) is 60.7 Å². The number of benzene rings is 2. The molecule has 0 heterocycles. The number of rotatable bonds is 4. The number of hydroxylamine groups is 1. The van der Waals surface area contributed by atoms with Crippen LogP contribution >= 0.6 is 0 Å². The molecule has 0 unspecified atom stereocenters. The molecule has 2 nitrogen and oxygen atoms in total. The summed E-state index contributed by atoms with van der Waals surface area (Å²) in [4.78, 5) is 0. The molecule has 0 saturated heterocycles. The Bertz CT molecular complexity index is 571. The van der Waals surface area contributed by atoms with Crippen LogP contribution in [0.5, 0.6) is 0 Å². The van der Waals surface area contributed by atoms with Crippen molar-refractivity contribution >= 4 is 12.3 Å². The monoisotopic (exact) mass is 251 g/mol. The van der Waals surface area contributed by atoms with Crippen LogP contribution in [0.1, 0.15) is 18.1 Å². The summed E-state index contributed by atoms with van der Waals surface area (Å²) >= 11 is 0. The van der Waals surface area contributed by atoms with Gasteiger partial charge in [0.15, 0.2) is 12.8 Å². The maximum atomic E-state index is 11.8. The highest BCUT2D eigenvalue weighted by molar-refractivity contribution is 5.81. The molecule has 19 heavy (non-hydrogen) atoms. The van der Waals surface area contributed by atoms with E-state index in [1.165, 1.54) is 0 Å². The average Bonchev–Trinajstić information content (AvgIpc) is 2.40. The molecular weight excluding hydrogens is 234 g/mol. The summed E-state index contributed by atoms with van der Waals surface area (Å²) in [6, 6.07) is 19.7. The number of hydrogen-bond donors (Lipinski definition) is 0. The standard InChI is InChI=1S/C17H17NO/c1-15(12-16-8-4-2-5-9-16)13-18(19)14-17-10-6-3-7-11-17/h2-13H,14H2,1H3. The first kappa shape index (κ1) is 13.1. The Morgan fingerprint density at radius 1 is 1.00 bits per heavy atom. The fraction of sp³-hybridized carbons (Fsp3) is 0.118. The lowest BCUT2D eigenvalue weighted by atomic mass is 10.1. The largest absolute Gasteiger partial charge is 0.624 e. The van der Waals surface area contributed by atoms with E-state index in [0.29, 0.717) is 6.54 Å². The molecule has 0 amide bonds. The summed E-state index contributed by atoms with van der Waals surface area (Å²) in [7, 11) is 0. The third-order valence-electron chi connectivity index (χ3n) is 2.72. The quantitative estimate of drug-likeness (QED) is 0.350. The summed E-state index contributed by atoms with van der Waals surface area (Å²) in [6.45, 7) is 2.31. The second-order valence-corrected chi connectivity index (χ2v) is 4.49. The van der Waals surface area contributed by atoms with Crippen LogP contribution in [-0.4, -0.2) is 11.0 Å². The Morgan fingerprint density at radius 3 is 2.21 bits per heavy atom. The van der Waals surface area contributed by atoms with Gasteiger partial charge in [-0.3, -0.25) is 0 Å². The van der Waals surface area contributed by atoms with E-state index in [2.05, 4.69) is 0 Å². The van der Waals surface area contributed by atoms with Crippen molar-refractivity contribution in [2.24, 2.45) is 0 Å². The molecule has 0 aliphatic rings. The van der Waals surface area contributed by atoms with Crippen molar-refractivity contribution in [3.63, 3.8) is 0 Å². The Hall–Kier alpha value is -2.35. The summed E-state index contributed by atoms with van der Waals surface area (Å²) in [5.74, 6) is 0. The van der Waals surface area contributed by atoms with Crippen molar-refractivity contribution in [1.82, 2.24) is 0 Å². The van der Waals surface area contributed by atoms with Gasteiger partial charge in [0.2, 0.25) is 0 Å². The molecule has 0 radical (unpaired) electrons. The zero-order valence-electron chi connectivity index (χ0n) is 11.0. The second kappa shape index (κ2) is 6.55. The van der Waals surface area contributed by atoms with Crippen molar-refractivity contribution in [3.8, 4) is 0 Å². The first-order chi connectivity index (χ1) is 9.24. The zero-order chi connectivity index (χ0) is 13.5. The first-order valence-corrected chi connectivity index (χ1v) is 6.30. The number of nitrogens with zero attached hydrogens (tertiary/aromatic N) is 1. The van der Waals surface area contributed by atoms with Gasteiger partial charge in [0.25, 0.3) is 0 Å². The van der Waals surface area contributed by atoms with Crippen molar-refractivity contribution in [3.05, 3.63) is 82.6 Å². The minimum atomic E-state index is 0.376. The van der Waals surface area contributed by atoms with Crippen molar-refractivity contribution in [1.29, 1.82) is 0 Å². The predicted octanol–water partition coefficient (Wildman–Crippen LogP) is 3.87. The molecule has 2 rings (SSSR count). The van der Waals surface area contributed by atoms with Crippen molar-refractivity contribution < 1.29 is 4.74 Å². The molecule has 0 aliphatic carbocycles. The molecule has 0 saturated carbocycles. The lowest BCUT2D eigenvalue weighted by Crippen LogP contribution is -2.05. The van der Waals surface area contributed by atoms with E-state index >= 15 is 0 Å². The van der Waals surface area contributed by atoms with E-state index in [-0.39, 0.29) is 0 Å². The van der Waals surface area contributed by atoms with Gasteiger partial charge >= 0.3 is 0 Å². The van der Waals surface area contributed by atoms with Crippen LogP contribution in [0.2, 0.25) is 0 Å². The molecular formula is C17H17NO. The average molecular weight is 251 g/mol. The number of allylic oxidation sites excluding steroid dienone is 1. The smallest absolute Gasteiger partial charge is 0.178 e. The highest BCUT2D eigenvalue weighted by atomic mass is 16.5. The zero-order valence-corrected chi connectivity index (χ0v) is 11.0. The normalized spacial score (nSPS) is 12.5. The molecule has 0 aliphatic heterocycles. The SMILES string of the molecule is CC(=Cc1ccccc1)C=[N+]([O-])Cc1ccccc1. The van der Waals surface area contributed by atoms with Crippen LogP contribution < -0.4 is 0 Å². The highest BCUT2D eigenvalue weighted by Gasteiger charge is 1.98. The van der Waals surface area contributed by atoms with E-state index in [1.54, 1.807) is 6.21 Å². The highest BCUT2D eigenvalue weighted by Crippen LogP contribution is 2.05. The minimum absolute atomic E-state index is 0.376. The summed E-state index contributed by atoms with van der Waals surface area (Å²) in [6.07, 6.45) is 3.62. The molecule has 0 fully saturated rings. The van der Waals surface area contributed by atoms with E-state index in [4.69, 9.17) is 0 Å².